The standard InChI is InChI=1S/C17H19N3O3/c1-11-9-15(10-18-19-13(3)21)12(2)20(11)16-7-5-14(6-8-16)17(22)23-4/h5-10H,1-4H3,(H,19,21)/b18-10-. The Morgan fingerprint density at radius 1 is 1.22 bits per heavy atom. The maximum absolute atomic E-state index is 11.5. The third kappa shape index (κ3) is 3.66. The number of methoxy groups -OCH3 is 1. The molecular weight excluding hydrogens is 294 g/mol. The van der Waals surface area contributed by atoms with Crippen molar-refractivity contribution in [3.63, 3.8) is 0 Å². The van der Waals surface area contributed by atoms with Gasteiger partial charge in [0.25, 0.3) is 0 Å². The fraction of sp³-hybridized carbons (Fsp3) is 0.235. The smallest absolute Gasteiger partial charge is 0.337 e. The van der Waals surface area contributed by atoms with Gasteiger partial charge < -0.3 is 9.30 Å². The predicted octanol–water partition coefficient (Wildman–Crippen LogP) is 2.35. The first kappa shape index (κ1) is 16.5. The predicted molar refractivity (Wildman–Crippen MR) is 88.0 cm³/mol. The highest BCUT2D eigenvalue weighted by molar-refractivity contribution is 5.89. The van der Waals surface area contributed by atoms with Crippen molar-refractivity contribution in [2.24, 2.45) is 5.10 Å². The summed E-state index contributed by atoms with van der Waals surface area (Å²) in [5, 5.41) is 3.90. The number of hydrogen-bond acceptors (Lipinski definition) is 4. The van der Waals surface area contributed by atoms with Crippen LogP contribution in [0.2, 0.25) is 0 Å². The molecule has 1 N–H and O–H groups in total. The number of ether oxygens (including phenoxy) is 1. The SMILES string of the molecule is COC(=O)c1ccc(-n2c(C)cc(/C=N\NC(C)=O)c2C)cc1. The normalized spacial score (nSPS) is 10.8. The number of amides is 1. The lowest BCUT2D eigenvalue weighted by molar-refractivity contribution is -0.118. The lowest BCUT2D eigenvalue weighted by atomic mass is 10.2. The first-order valence-corrected chi connectivity index (χ1v) is 7.11. The highest BCUT2D eigenvalue weighted by Crippen LogP contribution is 2.20. The van der Waals surface area contributed by atoms with Crippen LogP contribution in [0.5, 0.6) is 0 Å². The molecule has 2 rings (SSSR count). The molecule has 0 aliphatic heterocycles. The summed E-state index contributed by atoms with van der Waals surface area (Å²) in [5.74, 6) is -0.575. The maximum atomic E-state index is 11.5. The Hall–Kier alpha value is -2.89. The van der Waals surface area contributed by atoms with E-state index in [2.05, 4.69) is 15.1 Å². The number of aromatic nitrogens is 1. The van der Waals surface area contributed by atoms with Crippen molar-refractivity contribution in [2.75, 3.05) is 7.11 Å². The molecule has 2 aromatic rings. The number of rotatable bonds is 4. The fourth-order valence-corrected chi connectivity index (χ4v) is 2.37. The van der Waals surface area contributed by atoms with Crippen LogP contribution in [-0.4, -0.2) is 29.8 Å². The molecule has 0 saturated carbocycles. The van der Waals surface area contributed by atoms with Crippen LogP contribution in [-0.2, 0) is 9.53 Å². The minimum Gasteiger partial charge on any atom is -0.465 e. The minimum atomic E-state index is -0.361. The molecule has 1 aromatic heterocycles. The van der Waals surface area contributed by atoms with Gasteiger partial charge in [0, 0.05) is 29.6 Å². The Balaban J connectivity index is 2.33. The van der Waals surface area contributed by atoms with Crippen molar-refractivity contribution in [3.8, 4) is 5.69 Å². The highest BCUT2D eigenvalue weighted by atomic mass is 16.5. The van der Waals surface area contributed by atoms with Gasteiger partial charge in [-0.05, 0) is 44.2 Å². The van der Waals surface area contributed by atoms with E-state index >= 15 is 0 Å². The largest absolute Gasteiger partial charge is 0.465 e. The summed E-state index contributed by atoms with van der Waals surface area (Å²) in [6.07, 6.45) is 1.61. The van der Waals surface area contributed by atoms with Gasteiger partial charge in [0.15, 0.2) is 0 Å². The van der Waals surface area contributed by atoms with Gasteiger partial charge in [-0.3, -0.25) is 4.79 Å². The Bertz CT molecular complexity index is 758. The second-order valence-corrected chi connectivity index (χ2v) is 5.13. The molecule has 0 aliphatic carbocycles. The van der Waals surface area contributed by atoms with Crippen LogP contribution < -0.4 is 5.43 Å². The average Bonchev–Trinajstić information content (AvgIpc) is 2.80. The van der Waals surface area contributed by atoms with Gasteiger partial charge in [0.2, 0.25) is 5.91 Å². The number of carbonyl (C=O) groups excluding carboxylic acids is 2. The molecule has 23 heavy (non-hydrogen) atoms. The number of esters is 1. The number of nitrogens with one attached hydrogen (secondary N) is 1. The molecule has 6 heteroatoms. The van der Waals surface area contributed by atoms with Gasteiger partial charge in [0.05, 0.1) is 18.9 Å². The summed E-state index contributed by atoms with van der Waals surface area (Å²) in [6, 6.07) is 9.16. The number of benzene rings is 1. The lowest BCUT2D eigenvalue weighted by Crippen LogP contribution is -2.12. The first-order chi connectivity index (χ1) is 10.9. The van der Waals surface area contributed by atoms with E-state index in [1.54, 1.807) is 18.3 Å². The van der Waals surface area contributed by atoms with E-state index in [-0.39, 0.29) is 11.9 Å². The molecule has 0 fully saturated rings. The number of aryl methyl sites for hydroxylation is 1. The zero-order chi connectivity index (χ0) is 17.0. The third-order valence-electron chi connectivity index (χ3n) is 3.44. The molecule has 1 heterocycles. The van der Waals surface area contributed by atoms with Crippen molar-refractivity contribution < 1.29 is 14.3 Å². The summed E-state index contributed by atoms with van der Waals surface area (Å²) >= 11 is 0. The summed E-state index contributed by atoms with van der Waals surface area (Å²) in [5.41, 5.74) is 6.75. The van der Waals surface area contributed by atoms with Gasteiger partial charge in [0.1, 0.15) is 0 Å². The Morgan fingerprint density at radius 3 is 2.43 bits per heavy atom. The molecule has 120 valence electrons. The minimum absolute atomic E-state index is 0.214. The zero-order valence-corrected chi connectivity index (χ0v) is 13.6. The summed E-state index contributed by atoms with van der Waals surface area (Å²) < 4.78 is 6.75. The second kappa shape index (κ2) is 6.91. The molecule has 0 aliphatic rings. The van der Waals surface area contributed by atoms with Gasteiger partial charge in [-0.25, -0.2) is 10.2 Å². The number of carbonyl (C=O) groups is 2. The van der Waals surface area contributed by atoms with Crippen LogP contribution in [0.3, 0.4) is 0 Å². The fourth-order valence-electron chi connectivity index (χ4n) is 2.37. The van der Waals surface area contributed by atoms with Crippen molar-refractivity contribution in [2.45, 2.75) is 20.8 Å². The molecule has 6 nitrogen and oxygen atoms in total. The first-order valence-electron chi connectivity index (χ1n) is 7.11. The third-order valence-corrected chi connectivity index (χ3v) is 3.44. The Morgan fingerprint density at radius 2 is 1.87 bits per heavy atom. The Labute approximate surface area is 134 Å². The van der Waals surface area contributed by atoms with Gasteiger partial charge in [-0.2, -0.15) is 5.10 Å². The number of hydrazone groups is 1. The molecule has 0 saturated heterocycles. The van der Waals surface area contributed by atoms with Crippen LogP contribution in [0.15, 0.2) is 35.4 Å². The molecule has 0 spiro atoms. The van der Waals surface area contributed by atoms with Crippen molar-refractivity contribution >= 4 is 18.1 Å². The van der Waals surface area contributed by atoms with Gasteiger partial charge >= 0.3 is 5.97 Å². The van der Waals surface area contributed by atoms with Crippen molar-refractivity contribution in [1.29, 1.82) is 0 Å². The molecule has 0 unspecified atom stereocenters. The lowest BCUT2D eigenvalue weighted by Gasteiger charge is -2.10. The molecular formula is C17H19N3O3. The summed E-state index contributed by atoms with van der Waals surface area (Å²) in [6.45, 7) is 5.36. The van der Waals surface area contributed by atoms with Crippen LogP contribution in [0.25, 0.3) is 5.69 Å². The van der Waals surface area contributed by atoms with Crippen LogP contribution in [0, 0.1) is 13.8 Å². The van der Waals surface area contributed by atoms with Gasteiger partial charge in [-0.1, -0.05) is 0 Å². The van der Waals surface area contributed by atoms with Crippen LogP contribution in [0.4, 0.5) is 0 Å². The van der Waals surface area contributed by atoms with E-state index in [9.17, 15) is 9.59 Å². The number of nitrogens with zero attached hydrogens (tertiary/aromatic N) is 2. The van der Waals surface area contributed by atoms with E-state index in [0.29, 0.717) is 5.56 Å². The maximum Gasteiger partial charge on any atom is 0.337 e. The van der Waals surface area contributed by atoms with Gasteiger partial charge in [-0.15, -0.1) is 0 Å². The van der Waals surface area contributed by atoms with Crippen molar-refractivity contribution in [1.82, 2.24) is 9.99 Å². The molecule has 0 bridgehead atoms. The molecule has 1 aromatic carbocycles. The average molecular weight is 313 g/mol. The van der Waals surface area contributed by atoms with E-state index < -0.39 is 0 Å². The summed E-state index contributed by atoms with van der Waals surface area (Å²) in [4.78, 5) is 22.3. The zero-order valence-electron chi connectivity index (χ0n) is 13.6. The van der Waals surface area contributed by atoms with E-state index in [1.165, 1.54) is 14.0 Å². The van der Waals surface area contributed by atoms with E-state index in [0.717, 1.165) is 22.6 Å². The Kier molecular flexibility index (Phi) is 4.95. The number of hydrogen-bond donors (Lipinski definition) is 1. The summed E-state index contributed by atoms with van der Waals surface area (Å²) in [7, 11) is 1.36. The quantitative estimate of drug-likeness (QED) is 0.535. The second-order valence-electron chi connectivity index (χ2n) is 5.13. The van der Waals surface area contributed by atoms with Crippen LogP contribution >= 0.6 is 0 Å². The molecule has 1 amide bonds. The highest BCUT2D eigenvalue weighted by Gasteiger charge is 2.11. The van der Waals surface area contributed by atoms with Crippen molar-refractivity contribution in [3.05, 3.63) is 52.8 Å². The van der Waals surface area contributed by atoms with Crippen LogP contribution in [0.1, 0.15) is 34.2 Å². The molecule has 0 radical (unpaired) electrons. The topological polar surface area (TPSA) is 72.7 Å². The van der Waals surface area contributed by atoms with E-state index in [4.69, 9.17) is 4.74 Å². The van der Waals surface area contributed by atoms with E-state index in [1.807, 2.05) is 32.0 Å². The molecule has 0 atom stereocenters. The monoisotopic (exact) mass is 313 g/mol.